The highest BCUT2D eigenvalue weighted by atomic mass is 16.5. The van der Waals surface area contributed by atoms with E-state index in [0.717, 1.165) is 0 Å². The van der Waals surface area contributed by atoms with Gasteiger partial charge in [-0.05, 0) is 51.1 Å². The second-order valence-corrected chi connectivity index (χ2v) is 6.89. The van der Waals surface area contributed by atoms with Gasteiger partial charge in [-0.15, -0.1) is 0 Å². The molecule has 0 radical (unpaired) electrons. The van der Waals surface area contributed by atoms with Crippen LogP contribution < -0.4 is 10.1 Å². The third-order valence-corrected chi connectivity index (χ3v) is 4.19. The van der Waals surface area contributed by atoms with Crippen LogP contribution in [0.3, 0.4) is 0 Å². The Morgan fingerprint density at radius 2 is 1.93 bits per heavy atom. The maximum Gasteiger partial charge on any atom is 0.340 e. The van der Waals surface area contributed by atoms with Crippen LogP contribution in [-0.2, 0) is 4.74 Å². The number of carbonyl (C=O) groups is 3. The van der Waals surface area contributed by atoms with Crippen molar-refractivity contribution in [1.82, 2.24) is 0 Å². The molecule has 1 heterocycles. The molecule has 0 aromatic heterocycles. The molecule has 140 valence electrons. The SMILES string of the molecule is CCOC(=O)c1ccccc1NC(=O)c1ccc2c(c1)C(=O)CC(C)(C)O2. The highest BCUT2D eigenvalue weighted by Crippen LogP contribution is 2.33. The number of fused-ring (bicyclic) bond motifs is 1. The van der Waals surface area contributed by atoms with Crippen molar-refractivity contribution in [2.45, 2.75) is 32.8 Å². The Kier molecular flexibility index (Phi) is 4.99. The van der Waals surface area contributed by atoms with Crippen LogP contribution in [0.15, 0.2) is 42.5 Å². The standard InChI is InChI=1S/C21H21NO5/c1-4-26-20(25)14-7-5-6-8-16(14)22-19(24)13-9-10-18-15(11-13)17(23)12-21(2,3)27-18/h5-11H,4,12H2,1-3H3,(H,22,24). The number of ketones is 1. The van der Waals surface area contributed by atoms with Gasteiger partial charge in [-0.25, -0.2) is 4.79 Å². The predicted molar refractivity (Wildman–Crippen MR) is 100 cm³/mol. The van der Waals surface area contributed by atoms with E-state index in [1.807, 2.05) is 13.8 Å². The monoisotopic (exact) mass is 367 g/mol. The number of rotatable bonds is 4. The van der Waals surface area contributed by atoms with E-state index in [9.17, 15) is 14.4 Å². The van der Waals surface area contributed by atoms with Crippen LogP contribution in [0.25, 0.3) is 0 Å². The molecule has 6 nitrogen and oxygen atoms in total. The van der Waals surface area contributed by atoms with E-state index in [4.69, 9.17) is 9.47 Å². The molecule has 0 unspecified atom stereocenters. The van der Waals surface area contributed by atoms with Crippen molar-refractivity contribution in [3.05, 3.63) is 59.2 Å². The van der Waals surface area contributed by atoms with Gasteiger partial charge in [-0.3, -0.25) is 9.59 Å². The fraction of sp³-hybridized carbons (Fsp3) is 0.286. The van der Waals surface area contributed by atoms with Gasteiger partial charge in [0.25, 0.3) is 5.91 Å². The highest BCUT2D eigenvalue weighted by molar-refractivity contribution is 6.10. The van der Waals surface area contributed by atoms with Crippen molar-refractivity contribution in [2.24, 2.45) is 0 Å². The van der Waals surface area contributed by atoms with Crippen molar-refractivity contribution in [1.29, 1.82) is 0 Å². The quantitative estimate of drug-likeness (QED) is 0.830. The summed E-state index contributed by atoms with van der Waals surface area (Å²) in [5.41, 5.74) is 0.755. The molecule has 1 aliphatic heterocycles. The number of esters is 1. The maximum atomic E-state index is 12.7. The number of hydrogen-bond donors (Lipinski definition) is 1. The van der Waals surface area contributed by atoms with Gasteiger partial charge < -0.3 is 14.8 Å². The third-order valence-electron chi connectivity index (χ3n) is 4.19. The number of anilines is 1. The molecule has 1 aliphatic rings. The Bertz CT molecular complexity index is 917. The van der Waals surface area contributed by atoms with E-state index >= 15 is 0 Å². The van der Waals surface area contributed by atoms with Gasteiger partial charge in [-0.2, -0.15) is 0 Å². The van der Waals surface area contributed by atoms with E-state index in [-0.39, 0.29) is 24.4 Å². The van der Waals surface area contributed by atoms with Gasteiger partial charge in [0.1, 0.15) is 11.4 Å². The third kappa shape index (κ3) is 4.00. The number of hydrogen-bond acceptors (Lipinski definition) is 5. The molecule has 2 aromatic rings. The summed E-state index contributed by atoms with van der Waals surface area (Å²) < 4.78 is 10.8. The van der Waals surface area contributed by atoms with Gasteiger partial charge in [-0.1, -0.05) is 12.1 Å². The summed E-state index contributed by atoms with van der Waals surface area (Å²) in [6.45, 7) is 5.65. The van der Waals surface area contributed by atoms with Crippen molar-refractivity contribution >= 4 is 23.3 Å². The second-order valence-electron chi connectivity index (χ2n) is 6.89. The van der Waals surface area contributed by atoms with E-state index in [0.29, 0.717) is 22.6 Å². The summed E-state index contributed by atoms with van der Waals surface area (Å²) in [6.07, 6.45) is 0.247. The smallest absolute Gasteiger partial charge is 0.340 e. The van der Waals surface area contributed by atoms with Crippen molar-refractivity contribution in [3.63, 3.8) is 0 Å². The lowest BCUT2D eigenvalue weighted by Crippen LogP contribution is -2.36. The number of Topliss-reactive ketones (excluding diaryl/α,β-unsaturated/α-hetero) is 1. The number of ether oxygens (including phenoxy) is 2. The van der Waals surface area contributed by atoms with Crippen LogP contribution >= 0.6 is 0 Å². The van der Waals surface area contributed by atoms with E-state index in [1.165, 1.54) is 6.07 Å². The van der Waals surface area contributed by atoms with Gasteiger partial charge in [0.15, 0.2) is 5.78 Å². The first kappa shape index (κ1) is 18.6. The number of carbonyl (C=O) groups excluding carboxylic acids is 3. The van der Waals surface area contributed by atoms with Crippen molar-refractivity contribution in [2.75, 3.05) is 11.9 Å². The average molecular weight is 367 g/mol. The Balaban J connectivity index is 1.86. The molecular weight excluding hydrogens is 346 g/mol. The lowest BCUT2D eigenvalue weighted by atomic mass is 9.92. The summed E-state index contributed by atoms with van der Waals surface area (Å²) in [5.74, 6) is -0.528. The molecule has 27 heavy (non-hydrogen) atoms. The molecule has 2 aromatic carbocycles. The molecule has 3 rings (SSSR count). The minimum Gasteiger partial charge on any atom is -0.487 e. The first-order valence-corrected chi connectivity index (χ1v) is 8.74. The molecule has 0 fully saturated rings. The van der Waals surface area contributed by atoms with E-state index < -0.39 is 17.5 Å². The molecule has 0 atom stereocenters. The Morgan fingerprint density at radius 3 is 2.67 bits per heavy atom. The summed E-state index contributed by atoms with van der Waals surface area (Å²) >= 11 is 0. The van der Waals surface area contributed by atoms with Gasteiger partial charge in [0, 0.05) is 5.56 Å². The second kappa shape index (κ2) is 7.23. The molecule has 6 heteroatoms. The zero-order chi connectivity index (χ0) is 19.6. The average Bonchev–Trinajstić information content (AvgIpc) is 2.61. The van der Waals surface area contributed by atoms with Crippen molar-refractivity contribution in [3.8, 4) is 5.75 Å². The molecule has 0 spiro atoms. The minimum atomic E-state index is -0.563. The molecule has 0 saturated heterocycles. The fourth-order valence-electron chi connectivity index (χ4n) is 2.97. The van der Waals surface area contributed by atoms with Crippen LogP contribution in [0.4, 0.5) is 5.69 Å². The first-order valence-electron chi connectivity index (χ1n) is 8.74. The predicted octanol–water partition coefficient (Wildman–Crippen LogP) is 3.86. The summed E-state index contributed by atoms with van der Waals surface area (Å²) in [7, 11) is 0. The molecule has 0 aliphatic carbocycles. The fourth-order valence-corrected chi connectivity index (χ4v) is 2.97. The summed E-state index contributed by atoms with van der Waals surface area (Å²) in [5, 5.41) is 2.71. The highest BCUT2D eigenvalue weighted by Gasteiger charge is 2.32. The van der Waals surface area contributed by atoms with Gasteiger partial charge in [0.05, 0.1) is 29.8 Å². The van der Waals surface area contributed by atoms with E-state index in [1.54, 1.807) is 43.3 Å². The Labute approximate surface area is 157 Å². The summed E-state index contributed by atoms with van der Waals surface area (Å²) in [4.78, 5) is 37.1. The van der Waals surface area contributed by atoms with Crippen LogP contribution in [-0.4, -0.2) is 29.9 Å². The first-order chi connectivity index (χ1) is 12.8. The van der Waals surface area contributed by atoms with Crippen LogP contribution in [0, 0.1) is 0 Å². The van der Waals surface area contributed by atoms with Crippen LogP contribution in [0.2, 0.25) is 0 Å². The molecule has 1 amide bonds. The van der Waals surface area contributed by atoms with Crippen LogP contribution in [0.1, 0.15) is 58.3 Å². The maximum absolute atomic E-state index is 12.7. The largest absolute Gasteiger partial charge is 0.487 e. The number of amides is 1. The van der Waals surface area contributed by atoms with Crippen LogP contribution in [0.5, 0.6) is 5.75 Å². The normalized spacial score (nSPS) is 14.7. The number of nitrogens with one attached hydrogen (secondary N) is 1. The topological polar surface area (TPSA) is 81.7 Å². The molecule has 1 N–H and O–H groups in total. The lowest BCUT2D eigenvalue weighted by Gasteiger charge is -2.31. The van der Waals surface area contributed by atoms with Crippen molar-refractivity contribution < 1.29 is 23.9 Å². The zero-order valence-corrected chi connectivity index (χ0v) is 15.5. The minimum absolute atomic E-state index is 0.0668. The summed E-state index contributed by atoms with van der Waals surface area (Å²) in [6, 6.07) is 11.4. The number of para-hydroxylation sites is 1. The lowest BCUT2D eigenvalue weighted by molar-refractivity contribution is 0.0526. The Hall–Kier alpha value is -3.15. The van der Waals surface area contributed by atoms with E-state index in [2.05, 4.69) is 5.32 Å². The van der Waals surface area contributed by atoms with Gasteiger partial charge in [0.2, 0.25) is 0 Å². The molecule has 0 saturated carbocycles. The van der Waals surface area contributed by atoms with Gasteiger partial charge >= 0.3 is 5.97 Å². The number of benzene rings is 2. The zero-order valence-electron chi connectivity index (χ0n) is 15.5. The Morgan fingerprint density at radius 1 is 1.19 bits per heavy atom. The molecule has 0 bridgehead atoms. The molecular formula is C21H21NO5.